The van der Waals surface area contributed by atoms with Crippen molar-refractivity contribution in [2.45, 2.75) is 0 Å². The summed E-state index contributed by atoms with van der Waals surface area (Å²) in [6, 6.07) is 14.2. The summed E-state index contributed by atoms with van der Waals surface area (Å²) in [4.78, 5) is 39.5. The van der Waals surface area contributed by atoms with Gasteiger partial charge in [-0.15, -0.1) is 0 Å². The lowest BCUT2D eigenvalue weighted by Crippen LogP contribution is -2.34. The van der Waals surface area contributed by atoms with Gasteiger partial charge in [-0.05, 0) is 54.6 Å². The SMILES string of the molecule is O=C(NC(=O)c1ccc(Cl)cc1)Nc1ccc2c(c1)NC(=O)/C2=C\c1ccc[nH]1. The molecule has 3 aromatic rings. The number of carbonyl (C=O) groups excluding carboxylic acids is 3. The van der Waals surface area contributed by atoms with E-state index in [1.54, 1.807) is 42.6 Å². The van der Waals surface area contributed by atoms with Crippen molar-refractivity contribution < 1.29 is 14.4 Å². The van der Waals surface area contributed by atoms with E-state index in [9.17, 15) is 14.4 Å². The Hall–Kier alpha value is -3.84. The average Bonchev–Trinajstić information content (AvgIpc) is 3.30. The summed E-state index contributed by atoms with van der Waals surface area (Å²) in [5.41, 5.74) is 3.39. The average molecular weight is 407 g/mol. The van der Waals surface area contributed by atoms with Crippen molar-refractivity contribution in [3.8, 4) is 0 Å². The third-order valence-corrected chi connectivity index (χ3v) is 4.57. The number of rotatable bonds is 3. The van der Waals surface area contributed by atoms with Crippen molar-refractivity contribution in [1.29, 1.82) is 0 Å². The van der Waals surface area contributed by atoms with Crippen LogP contribution in [0.1, 0.15) is 21.6 Å². The molecular formula is C21H15ClN4O3. The molecule has 4 N–H and O–H groups in total. The van der Waals surface area contributed by atoms with Crippen molar-refractivity contribution in [1.82, 2.24) is 10.3 Å². The summed E-state index contributed by atoms with van der Waals surface area (Å²) in [5, 5.41) is 8.10. The van der Waals surface area contributed by atoms with Gasteiger partial charge < -0.3 is 15.6 Å². The number of imide groups is 1. The van der Waals surface area contributed by atoms with Gasteiger partial charge in [0, 0.05) is 33.7 Å². The van der Waals surface area contributed by atoms with Crippen molar-refractivity contribution in [2.75, 3.05) is 10.6 Å². The van der Waals surface area contributed by atoms with Crippen LogP contribution in [0.2, 0.25) is 5.02 Å². The number of hydrogen-bond donors (Lipinski definition) is 4. The summed E-state index contributed by atoms with van der Waals surface area (Å²) in [6.07, 6.45) is 3.53. The first-order valence-electron chi connectivity index (χ1n) is 8.68. The summed E-state index contributed by atoms with van der Waals surface area (Å²) in [5.74, 6) is -0.779. The monoisotopic (exact) mass is 406 g/mol. The van der Waals surface area contributed by atoms with Crippen LogP contribution in [0.4, 0.5) is 16.2 Å². The normalized spacial score (nSPS) is 13.7. The van der Waals surface area contributed by atoms with E-state index in [0.29, 0.717) is 27.5 Å². The zero-order valence-corrected chi connectivity index (χ0v) is 15.7. The lowest BCUT2D eigenvalue weighted by atomic mass is 10.1. The Kier molecular flexibility index (Phi) is 4.88. The third kappa shape index (κ3) is 4.04. The highest BCUT2D eigenvalue weighted by Gasteiger charge is 2.24. The molecule has 4 amide bonds. The number of nitrogens with one attached hydrogen (secondary N) is 4. The van der Waals surface area contributed by atoms with Gasteiger partial charge in [0.05, 0.1) is 11.3 Å². The molecule has 0 unspecified atom stereocenters. The first-order valence-corrected chi connectivity index (χ1v) is 9.06. The number of carbonyl (C=O) groups is 3. The molecule has 0 aliphatic carbocycles. The molecule has 2 aromatic carbocycles. The zero-order valence-electron chi connectivity index (χ0n) is 15.0. The van der Waals surface area contributed by atoms with Gasteiger partial charge in [-0.1, -0.05) is 17.7 Å². The molecule has 0 saturated carbocycles. The van der Waals surface area contributed by atoms with Gasteiger partial charge in [-0.3, -0.25) is 14.9 Å². The van der Waals surface area contributed by atoms with E-state index in [4.69, 9.17) is 11.6 Å². The predicted molar refractivity (Wildman–Crippen MR) is 112 cm³/mol. The second-order valence-electron chi connectivity index (χ2n) is 6.31. The number of fused-ring (bicyclic) bond motifs is 1. The molecule has 1 aliphatic heterocycles. The second-order valence-corrected chi connectivity index (χ2v) is 6.75. The fourth-order valence-corrected chi connectivity index (χ4v) is 3.07. The van der Waals surface area contributed by atoms with Gasteiger partial charge in [0.15, 0.2) is 0 Å². The van der Waals surface area contributed by atoms with Crippen LogP contribution in [0.25, 0.3) is 11.6 Å². The van der Waals surface area contributed by atoms with E-state index < -0.39 is 11.9 Å². The molecule has 1 aliphatic rings. The quantitative estimate of drug-likeness (QED) is 0.492. The summed E-state index contributed by atoms with van der Waals surface area (Å²) in [7, 11) is 0. The molecule has 2 heterocycles. The van der Waals surface area contributed by atoms with Crippen LogP contribution in [0.5, 0.6) is 0 Å². The molecule has 0 spiro atoms. The standard InChI is InChI=1S/C21H15ClN4O3/c22-13-5-3-12(4-6-13)19(27)26-21(29)24-15-7-8-16-17(10-14-2-1-9-23-14)20(28)25-18(16)11-15/h1-11,23H,(H,25,28)(H2,24,26,27,29)/b17-10-. The van der Waals surface area contributed by atoms with E-state index in [2.05, 4.69) is 20.9 Å². The van der Waals surface area contributed by atoms with Crippen LogP contribution in [0.15, 0.2) is 60.8 Å². The fraction of sp³-hybridized carbons (Fsp3) is 0. The number of halogens is 1. The number of H-pyrrole nitrogens is 1. The van der Waals surface area contributed by atoms with Gasteiger partial charge in [-0.2, -0.15) is 0 Å². The van der Waals surface area contributed by atoms with Crippen LogP contribution in [-0.2, 0) is 4.79 Å². The van der Waals surface area contributed by atoms with Crippen LogP contribution in [0, 0.1) is 0 Å². The van der Waals surface area contributed by atoms with Crippen molar-refractivity contribution in [3.05, 3.63) is 82.6 Å². The predicted octanol–water partition coefficient (Wildman–Crippen LogP) is 4.12. The molecule has 7 nitrogen and oxygen atoms in total. The number of anilines is 2. The number of urea groups is 1. The minimum Gasteiger partial charge on any atom is -0.362 e. The van der Waals surface area contributed by atoms with Gasteiger partial charge >= 0.3 is 6.03 Å². The minimum absolute atomic E-state index is 0.228. The highest BCUT2D eigenvalue weighted by Crippen LogP contribution is 2.34. The molecule has 0 saturated heterocycles. The van der Waals surface area contributed by atoms with Gasteiger partial charge in [0.1, 0.15) is 0 Å². The van der Waals surface area contributed by atoms with Gasteiger partial charge in [0.2, 0.25) is 0 Å². The largest absolute Gasteiger partial charge is 0.362 e. The molecular weight excluding hydrogens is 392 g/mol. The van der Waals surface area contributed by atoms with Crippen molar-refractivity contribution in [2.24, 2.45) is 0 Å². The molecule has 1 aromatic heterocycles. The summed E-state index contributed by atoms with van der Waals surface area (Å²) in [6.45, 7) is 0. The van der Waals surface area contributed by atoms with Crippen LogP contribution >= 0.6 is 11.6 Å². The van der Waals surface area contributed by atoms with Gasteiger partial charge in [-0.25, -0.2) is 4.79 Å². The van der Waals surface area contributed by atoms with Crippen LogP contribution in [-0.4, -0.2) is 22.8 Å². The van der Waals surface area contributed by atoms with E-state index in [1.807, 2.05) is 12.1 Å². The molecule has 0 radical (unpaired) electrons. The van der Waals surface area contributed by atoms with Crippen LogP contribution in [0.3, 0.4) is 0 Å². The highest BCUT2D eigenvalue weighted by molar-refractivity contribution is 6.35. The maximum atomic E-state index is 12.3. The van der Waals surface area contributed by atoms with Crippen LogP contribution < -0.4 is 16.0 Å². The summed E-state index contributed by atoms with van der Waals surface area (Å²) >= 11 is 5.79. The Morgan fingerprint density at radius 2 is 1.83 bits per heavy atom. The molecule has 4 rings (SSSR count). The van der Waals surface area contributed by atoms with Crippen molar-refractivity contribution in [3.63, 3.8) is 0 Å². The van der Waals surface area contributed by atoms with E-state index >= 15 is 0 Å². The maximum Gasteiger partial charge on any atom is 0.326 e. The molecule has 144 valence electrons. The van der Waals surface area contributed by atoms with Gasteiger partial charge in [0.25, 0.3) is 11.8 Å². The molecule has 8 heteroatoms. The minimum atomic E-state index is -0.684. The smallest absolute Gasteiger partial charge is 0.326 e. The Morgan fingerprint density at radius 3 is 2.55 bits per heavy atom. The zero-order chi connectivity index (χ0) is 20.4. The number of aromatic amines is 1. The second kappa shape index (κ2) is 7.65. The Morgan fingerprint density at radius 1 is 1.03 bits per heavy atom. The Bertz CT molecular complexity index is 1140. The first kappa shape index (κ1) is 18.5. The molecule has 0 bridgehead atoms. The van der Waals surface area contributed by atoms with E-state index in [0.717, 1.165) is 11.3 Å². The number of amides is 4. The number of benzene rings is 2. The lowest BCUT2D eigenvalue weighted by Gasteiger charge is -2.08. The topological polar surface area (TPSA) is 103 Å². The lowest BCUT2D eigenvalue weighted by molar-refractivity contribution is -0.110. The van der Waals surface area contributed by atoms with E-state index in [-0.39, 0.29) is 5.91 Å². The molecule has 29 heavy (non-hydrogen) atoms. The highest BCUT2D eigenvalue weighted by atomic mass is 35.5. The number of aromatic nitrogens is 1. The summed E-state index contributed by atoms with van der Waals surface area (Å²) < 4.78 is 0. The molecule has 0 atom stereocenters. The van der Waals surface area contributed by atoms with Crippen molar-refractivity contribution >= 4 is 52.5 Å². The maximum absolute atomic E-state index is 12.3. The fourth-order valence-electron chi connectivity index (χ4n) is 2.94. The Balaban J connectivity index is 1.46. The number of hydrogen-bond acceptors (Lipinski definition) is 3. The molecule has 0 fully saturated rings. The third-order valence-electron chi connectivity index (χ3n) is 4.32. The first-order chi connectivity index (χ1) is 14.0. The van der Waals surface area contributed by atoms with E-state index in [1.165, 1.54) is 12.1 Å². The Labute approximate surface area is 170 Å².